The Kier molecular flexibility index (Phi) is 5.62. The van der Waals surface area contributed by atoms with Crippen molar-refractivity contribution in [2.75, 3.05) is 18.5 Å². The second-order valence-corrected chi connectivity index (χ2v) is 7.79. The Morgan fingerprint density at radius 2 is 1.85 bits per heavy atom. The predicted molar refractivity (Wildman–Crippen MR) is 112 cm³/mol. The predicted octanol–water partition coefficient (Wildman–Crippen LogP) is 6.19. The van der Waals surface area contributed by atoms with Crippen molar-refractivity contribution in [2.45, 2.75) is 11.9 Å². The summed E-state index contributed by atoms with van der Waals surface area (Å²) < 4.78 is 18.1. The van der Waals surface area contributed by atoms with Gasteiger partial charge in [-0.25, -0.2) is 0 Å². The summed E-state index contributed by atoms with van der Waals surface area (Å²) in [6.07, 6.45) is -0.208. The molecule has 0 saturated carbocycles. The number of fused-ring (bicyclic) bond motifs is 1. The summed E-state index contributed by atoms with van der Waals surface area (Å²) in [5.41, 5.74) is 0.749. The molecule has 0 amide bonds. The van der Waals surface area contributed by atoms with Gasteiger partial charge in [-0.15, -0.1) is 0 Å². The second-order valence-electron chi connectivity index (χ2n) is 6.38. The largest absolute Gasteiger partial charge is 0.491 e. The lowest BCUT2D eigenvalue weighted by atomic mass is 10.1. The van der Waals surface area contributed by atoms with E-state index >= 15 is 0 Å². The van der Waals surface area contributed by atoms with Gasteiger partial charge in [-0.05, 0) is 35.0 Å². The van der Waals surface area contributed by atoms with Gasteiger partial charge in [0.15, 0.2) is 0 Å². The molecule has 3 aromatic carbocycles. The van der Waals surface area contributed by atoms with E-state index in [2.05, 4.69) is 28.1 Å². The minimum Gasteiger partial charge on any atom is -0.491 e. The quantitative estimate of drug-likeness (QED) is 0.418. The molecule has 0 bridgehead atoms. The van der Waals surface area contributed by atoms with E-state index in [1.165, 1.54) is 5.39 Å². The molecule has 2 unspecified atom stereocenters. The molecule has 0 aromatic heterocycles. The van der Waals surface area contributed by atoms with E-state index in [1.807, 2.05) is 36.4 Å². The van der Waals surface area contributed by atoms with Crippen LogP contribution in [0.2, 0.25) is 10.0 Å². The molecular weight excluding hydrogens is 451 g/mol. The summed E-state index contributed by atoms with van der Waals surface area (Å²) >= 11 is 15.9. The molecule has 1 aliphatic rings. The van der Waals surface area contributed by atoms with E-state index in [9.17, 15) is 0 Å². The highest BCUT2D eigenvalue weighted by Gasteiger charge is 2.44. The van der Waals surface area contributed by atoms with Crippen molar-refractivity contribution < 1.29 is 14.2 Å². The molecule has 0 spiro atoms. The van der Waals surface area contributed by atoms with Gasteiger partial charge in [-0.1, -0.05) is 75.5 Å². The van der Waals surface area contributed by atoms with Crippen LogP contribution in [0.1, 0.15) is 5.56 Å². The lowest BCUT2D eigenvalue weighted by Gasteiger charge is -2.27. The summed E-state index contributed by atoms with van der Waals surface area (Å²) in [5, 5.41) is 3.86. The zero-order chi connectivity index (χ0) is 18.9. The molecule has 2 atom stereocenters. The lowest BCUT2D eigenvalue weighted by molar-refractivity contribution is -0.159. The third-order valence-electron chi connectivity index (χ3n) is 4.53. The highest BCUT2D eigenvalue weighted by molar-refractivity contribution is 9.09. The minimum absolute atomic E-state index is 0.208. The number of benzene rings is 3. The highest BCUT2D eigenvalue weighted by atomic mass is 79.9. The van der Waals surface area contributed by atoms with Gasteiger partial charge in [-0.3, -0.25) is 0 Å². The molecule has 0 aliphatic carbocycles. The van der Waals surface area contributed by atoms with E-state index in [1.54, 1.807) is 12.1 Å². The zero-order valence-electron chi connectivity index (χ0n) is 14.3. The Balaban J connectivity index is 1.46. The number of ether oxygens (including phenoxy) is 3. The molecule has 1 heterocycles. The van der Waals surface area contributed by atoms with E-state index in [4.69, 9.17) is 37.4 Å². The fraction of sp³-hybridized carbons (Fsp3) is 0.238. The lowest BCUT2D eigenvalue weighted by Crippen LogP contribution is -2.31. The first-order chi connectivity index (χ1) is 13.1. The van der Waals surface area contributed by atoms with Crippen molar-refractivity contribution in [3.05, 3.63) is 76.3 Å². The van der Waals surface area contributed by atoms with Gasteiger partial charge >= 0.3 is 0 Å². The van der Waals surface area contributed by atoms with Gasteiger partial charge in [-0.2, -0.15) is 0 Å². The van der Waals surface area contributed by atoms with Crippen molar-refractivity contribution in [2.24, 2.45) is 0 Å². The molecular formula is C21H17BrCl2O3. The normalized spacial score (nSPS) is 22.3. The average molecular weight is 468 g/mol. The number of alkyl halides is 1. The maximum atomic E-state index is 6.36. The van der Waals surface area contributed by atoms with Gasteiger partial charge in [0.2, 0.25) is 5.79 Å². The van der Waals surface area contributed by atoms with Gasteiger partial charge in [0.1, 0.15) is 18.5 Å². The third kappa shape index (κ3) is 3.96. The van der Waals surface area contributed by atoms with Crippen LogP contribution in [0, 0.1) is 0 Å². The van der Waals surface area contributed by atoms with Crippen LogP contribution in [0.4, 0.5) is 0 Å². The van der Waals surface area contributed by atoms with Crippen LogP contribution in [0.25, 0.3) is 10.8 Å². The van der Waals surface area contributed by atoms with Crippen LogP contribution in [0.5, 0.6) is 5.75 Å². The molecule has 1 fully saturated rings. The number of rotatable bonds is 5. The molecule has 27 heavy (non-hydrogen) atoms. The summed E-state index contributed by atoms with van der Waals surface area (Å²) in [4.78, 5) is 0. The highest BCUT2D eigenvalue weighted by Crippen LogP contribution is 2.40. The summed E-state index contributed by atoms with van der Waals surface area (Å²) in [7, 11) is 0. The molecule has 1 aliphatic heterocycles. The standard InChI is InChI=1S/C21H17BrCl2O3/c22-13-21(19-8-6-16(23)10-20(19)24)26-12-18(27-21)11-25-17-7-5-14-3-1-2-4-15(14)9-17/h1-10,18H,11-13H2. The molecule has 140 valence electrons. The maximum absolute atomic E-state index is 6.36. The van der Waals surface area contributed by atoms with Crippen molar-refractivity contribution in [1.82, 2.24) is 0 Å². The van der Waals surface area contributed by atoms with Crippen LogP contribution in [-0.2, 0) is 15.3 Å². The zero-order valence-corrected chi connectivity index (χ0v) is 17.4. The maximum Gasteiger partial charge on any atom is 0.206 e. The van der Waals surface area contributed by atoms with Crippen LogP contribution in [0.15, 0.2) is 60.7 Å². The Bertz CT molecular complexity index is 965. The fourth-order valence-corrected chi connectivity index (χ4v) is 4.32. The van der Waals surface area contributed by atoms with Crippen molar-refractivity contribution in [3.8, 4) is 5.75 Å². The Morgan fingerprint density at radius 1 is 1.04 bits per heavy atom. The van der Waals surface area contributed by atoms with Gasteiger partial charge < -0.3 is 14.2 Å². The smallest absolute Gasteiger partial charge is 0.206 e. The number of hydrogen-bond donors (Lipinski definition) is 0. The molecule has 0 radical (unpaired) electrons. The molecule has 4 rings (SSSR count). The number of hydrogen-bond acceptors (Lipinski definition) is 3. The first kappa shape index (κ1) is 19.0. The van der Waals surface area contributed by atoms with E-state index in [0.717, 1.165) is 16.7 Å². The molecule has 3 nitrogen and oxygen atoms in total. The third-order valence-corrected chi connectivity index (χ3v) is 5.82. The van der Waals surface area contributed by atoms with Gasteiger partial charge in [0, 0.05) is 10.6 Å². The Hall–Kier alpha value is -1.30. The second kappa shape index (κ2) is 7.98. The molecule has 1 saturated heterocycles. The van der Waals surface area contributed by atoms with Crippen LogP contribution in [0.3, 0.4) is 0 Å². The summed E-state index contributed by atoms with van der Waals surface area (Å²) in [6.45, 7) is 0.802. The minimum atomic E-state index is -0.945. The first-order valence-electron chi connectivity index (χ1n) is 8.54. The van der Waals surface area contributed by atoms with Crippen LogP contribution in [-0.4, -0.2) is 24.6 Å². The number of halogens is 3. The monoisotopic (exact) mass is 466 g/mol. The molecule has 6 heteroatoms. The van der Waals surface area contributed by atoms with Crippen molar-refractivity contribution >= 4 is 49.9 Å². The van der Waals surface area contributed by atoms with Crippen molar-refractivity contribution in [3.63, 3.8) is 0 Å². The summed E-state index contributed by atoms with van der Waals surface area (Å²) in [5.74, 6) is -0.141. The average Bonchev–Trinajstić information content (AvgIpc) is 3.11. The van der Waals surface area contributed by atoms with E-state index < -0.39 is 5.79 Å². The van der Waals surface area contributed by atoms with E-state index in [-0.39, 0.29) is 6.10 Å². The van der Waals surface area contributed by atoms with Crippen LogP contribution >= 0.6 is 39.1 Å². The first-order valence-corrected chi connectivity index (χ1v) is 10.4. The summed E-state index contributed by atoms with van der Waals surface area (Å²) in [6, 6.07) is 19.5. The van der Waals surface area contributed by atoms with Crippen molar-refractivity contribution in [1.29, 1.82) is 0 Å². The fourth-order valence-electron chi connectivity index (χ4n) is 3.17. The van der Waals surface area contributed by atoms with Crippen LogP contribution < -0.4 is 4.74 Å². The van der Waals surface area contributed by atoms with E-state index in [0.29, 0.717) is 28.6 Å². The molecule has 3 aromatic rings. The SMILES string of the molecule is Clc1ccc(C2(CBr)OCC(COc3ccc4ccccc4c3)O2)c(Cl)c1. The Labute approximate surface area is 176 Å². The van der Waals surface area contributed by atoms with Gasteiger partial charge in [0.05, 0.1) is 17.0 Å². The van der Waals surface area contributed by atoms with Gasteiger partial charge in [0.25, 0.3) is 0 Å². The Morgan fingerprint density at radius 3 is 2.63 bits per heavy atom. The topological polar surface area (TPSA) is 27.7 Å². The molecule has 0 N–H and O–H groups in total.